The number of para-hydroxylation sites is 1. The van der Waals surface area contributed by atoms with Crippen molar-refractivity contribution in [2.24, 2.45) is 0 Å². The van der Waals surface area contributed by atoms with Crippen LogP contribution in [-0.2, 0) is 6.42 Å². The molecule has 0 heterocycles. The first kappa shape index (κ1) is 16.4. The lowest BCUT2D eigenvalue weighted by molar-refractivity contribution is 0.407. The molecule has 1 unspecified atom stereocenters. The minimum atomic E-state index is 0.408. The molecule has 2 nitrogen and oxygen atoms in total. The zero-order valence-corrected chi connectivity index (χ0v) is 14.7. The molecule has 1 N–H and O–H groups in total. The molecule has 0 aliphatic rings. The van der Waals surface area contributed by atoms with Gasteiger partial charge in [-0.15, -0.1) is 11.8 Å². The highest BCUT2D eigenvalue weighted by Crippen LogP contribution is 2.25. The number of likely N-dealkylation sites (N-methyl/N-ethyl adjacent to an activating group) is 1. The highest BCUT2D eigenvalue weighted by atomic mass is 79.9. The molecule has 0 amide bonds. The molecule has 0 saturated carbocycles. The van der Waals surface area contributed by atoms with Crippen molar-refractivity contribution in [1.82, 2.24) is 5.32 Å². The van der Waals surface area contributed by atoms with Crippen molar-refractivity contribution in [2.45, 2.75) is 17.4 Å². The fourth-order valence-corrected chi connectivity index (χ4v) is 3.75. The standard InChI is InChI=1S/C17H20BrNOS/c1-19-15(10-13-6-3-4-9-17(13)20-2)12-21-16-8-5-7-14(18)11-16/h3-9,11,15,19H,10,12H2,1-2H3. The molecule has 2 rings (SSSR count). The Morgan fingerprint density at radius 3 is 2.71 bits per heavy atom. The Labute approximate surface area is 139 Å². The van der Waals surface area contributed by atoms with Gasteiger partial charge >= 0.3 is 0 Å². The molecule has 4 heteroatoms. The van der Waals surface area contributed by atoms with Crippen LogP contribution in [0.15, 0.2) is 57.9 Å². The lowest BCUT2D eigenvalue weighted by Gasteiger charge is -2.17. The lowest BCUT2D eigenvalue weighted by Crippen LogP contribution is -2.30. The van der Waals surface area contributed by atoms with Gasteiger partial charge in [0.05, 0.1) is 7.11 Å². The third kappa shape index (κ3) is 5.06. The van der Waals surface area contributed by atoms with Crippen LogP contribution in [0.5, 0.6) is 5.75 Å². The number of thioether (sulfide) groups is 1. The van der Waals surface area contributed by atoms with Crippen LogP contribution in [-0.4, -0.2) is 26.0 Å². The van der Waals surface area contributed by atoms with Crippen LogP contribution >= 0.6 is 27.7 Å². The maximum Gasteiger partial charge on any atom is 0.122 e. The van der Waals surface area contributed by atoms with E-state index in [9.17, 15) is 0 Å². The van der Waals surface area contributed by atoms with Gasteiger partial charge < -0.3 is 10.1 Å². The Balaban J connectivity index is 1.97. The summed E-state index contributed by atoms with van der Waals surface area (Å²) in [6.07, 6.45) is 0.960. The highest BCUT2D eigenvalue weighted by Gasteiger charge is 2.11. The number of hydrogen-bond donors (Lipinski definition) is 1. The highest BCUT2D eigenvalue weighted by molar-refractivity contribution is 9.10. The first-order valence-electron chi connectivity index (χ1n) is 6.90. The molecule has 0 saturated heterocycles. The number of rotatable bonds is 7. The molecule has 0 bridgehead atoms. The number of nitrogens with one attached hydrogen (secondary N) is 1. The van der Waals surface area contributed by atoms with Gasteiger partial charge in [0.15, 0.2) is 0 Å². The van der Waals surface area contributed by atoms with E-state index in [1.165, 1.54) is 10.5 Å². The molecular weight excluding hydrogens is 346 g/mol. The van der Waals surface area contributed by atoms with Crippen molar-refractivity contribution in [3.63, 3.8) is 0 Å². The largest absolute Gasteiger partial charge is 0.496 e. The zero-order chi connectivity index (χ0) is 15.1. The number of ether oxygens (including phenoxy) is 1. The predicted octanol–water partition coefficient (Wildman–Crippen LogP) is 4.38. The summed E-state index contributed by atoms with van der Waals surface area (Å²) in [5.74, 6) is 1.98. The minimum Gasteiger partial charge on any atom is -0.496 e. The molecule has 21 heavy (non-hydrogen) atoms. The van der Waals surface area contributed by atoms with Gasteiger partial charge in [-0.1, -0.05) is 40.2 Å². The van der Waals surface area contributed by atoms with Crippen LogP contribution in [0, 0.1) is 0 Å². The van der Waals surface area contributed by atoms with Gasteiger partial charge in [0.2, 0.25) is 0 Å². The Hall–Kier alpha value is -0.970. The van der Waals surface area contributed by atoms with Gasteiger partial charge in [-0.25, -0.2) is 0 Å². The molecule has 0 aliphatic heterocycles. The first-order chi connectivity index (χ1) is 10.2. The van der Waals surface area contributed by atoms with Crippen molar-refractivity contribution in [3.05, 3.63) is 58.6 Å². The Kier molecular flexibility index (Phi) is 6.61. The van der Waals surface area contributed by atoms with Gasteiger partial charge in [0, 0.05) is 21.2 Å². The summed E-state index contributed by atoms with van der Waals surface area (Å²) in [6, 6.07) is 17.0. The number of methoxy groups -OCH3 is 1. The number of hydrogen-bond acceptors (Lipinski definition) is 3. The molecule has 0 aliphatic carbocycles. The van der Waals surface area contributed by atoms with E-state index in [1.54, 1.807) is 7.11 Å². The molecule has 0 radical (unpaired) electrons. The van der Waals surface area contributed by atoms with E-state index < -0.39 is 0 Å². The van der Waals surface area contributed by atoms with Crippen LogP contribution in [0.2, 0.25) is 0 Å². The molecule has 112 valence electrons. The molecule has 0 fully saturated rings. The SMILES string of the molecule is CNC(CSc1cccc(Br)c1)Cc1ccccc1OC. The first-order valence-corrected chi connectivity index (χ1v) is 8.68. The van der Waals surface area contributed by atoms with Crippen LogP contribution < -0.4 is 10.1 Å². The Morgan fingerprint density at radius 1 is 1.19 bits per heavy atom. The van der Waals surface area contributed by atoms with Crippen molar-refractivity contribution < 1.29 is 4.74 Å². The molecular formula is C17H20BrNOS. The van der Waals surface area contributed by atoms with E-state index in [1.807, 2.05) is 30.9 Å². The fourth-order valence-electron chi connectivity index (χ4n) is 2.13. The average Bonchev–Trinajstić information content (AvgIpc) is 2.52. The quantitative estimate of drug-likeness (QED) is 0.735. The van der Waals surface area contributed by atoms with E-state index >= 15 is 0 Å². The van der Waals surface area contributed by atoms with Gasteiger partial charge in [0.25, 0.3) is 0 Å². The maximum absolute atomic E-state index is 5.43. The summed E-state index contributed by atoms with van der Waals surface area (Å²) in [4.78, 5) is 1.28. The van der Waals surface area contributed by atoms with Crippen LogP contribution in [0.4, 0.5) is 0 Å². The number of benzene rings is 2. The van der Waals surface area contributed by atoms with Crippen molar-refractivity contribution >= 4 is 27.7 Å². The van der Waals surface area contributed by atoms with Gasteiger partial charge in [-0.3, -0.25) is 0 Å². The molecule has 0 aromatic heterocycles. The topological polar surface area (TPSA) is 21.3 Å². The van der Waals surface area contributed by atoms with E-state index in [0.29, 0.717) is 6.04 Å². The summed E-state index contributed by atoms with van der Waals surface area (Å²) >= 11 is 5.38. The summed E-state index contributed by atoms with van der Waals surface area (Å²) in [6.45, 7) is 0. The second kappa shape index (κ2) is 8.47. The van der Waals surface area contributed by atoms with E-state index in [-0.39, 0.29) is 0 Å². The second-order valence-corrected chi connectivity index (χ2v) is 6.78. The third-order valence-electron chi connectivity index (χ3n) is 3.31. The van der Waals surface area contributed by atoms with Crippen LogP contribution in [0.25, 0.3) is 0 Å². The van der Waals surface area contributed by atoms with Gasteiger partial charge in [-0.2, -0.15) is 0 Å². The predicted molar refractivity (Wildman–Crippen MR) is 94.4 cm³/mol. The van der Waals surface area contributed by atoms with Crippen molar-refractivity contribution in [3.8, 4) is 5.75 Å². The Morgan fingerprint density at radius 2 is 2.00 bits per heavy atom. The fraction of sp³-hybridized carbons (Fsp3) is 0.294. The minimum absolute atomic E-state index is 0.408. The lowest BCUT2D eigenvalue weighted by atomic mass is 10.1. The molecule has 2 aromatic carbocycles. The summed E-state index contributed by atoms with van der Waals surface area (Å²) in [7, 11) is 3.74. The maximum atomic E-state index is 5.43. The van der Waals surface area contributed by atoms with E-state index in [0.717, 1.165) is 22.4 Å². The summed E-state index contributed by atoms with van der Waals surface area (Å²) in [5, 5.41) is 3.40. The third-order valence-corrected chi connectivity index (χ3v) is 4.96. The zero-order valence-electron chi connectivity index (χ0n) is 12.3. The van der Waals surface area contributed by atoms with Crippen molar-refractivity contribution in [1.29, 1.82) is 0 Å². The Bertz CT molecular complexity index is 576. The smallest absolute Gasteiger partial charge is 0.122 e. The van der Waals surface area contributed by atoms with Gasteiger partial charge in [0.1, 0.15) is 5.75 Å². The van der Waals surface area contributed by atoms with E-state index in [2.05, 4.69) is 57.6 Å². The monoisotopic (exact) mass is 365 g/mol. The van der Waals surface area contributed by atoms with Gasteiger partial charge in [-0.05, 0) is 43.3 Å². The number of halogens is 1. The van der Waals surface area contributed by atoms with Crippen molar-refractivity contribution in [2.75, 3.05) is 19.9 Å². The van der Waals surface area contributed by atoms with Crippen LogP contribution in [0.1, 0.15) is 5.56 Å². The molecule has 1 atom stereocenters. The normalized spacial score (nSPS) is 12.1. The average molecular weight is 366 g/mol. The molecule has 0 spiro atoms. The summed E-state index contributed by atoms with van der Waals surface area (Å²) < 4.78 is 6.55. The summed E-state index contributed by atoms with van der Waals surface area (Å²) in [5.41, 5.74) is 1.24. The second-order valence-electron chi connectivity index (χ2n) is 4.77. The molecule has 2 aromatic rings. The van der Waals surface area contributed by atoms with E-state index in [4.69, 9.17) is 4.74 Å². The van der Waals surface area contributed by atoms with Crippen LogP contribution in [0.3, 0.4) is 0 Å².